The summed E-state index contributed by atoms with van der Waals surface area (Å²) >= 11 is 0. The Labute approximate surface area is 236 Å². The molecular weight excluding hydrogens is 544 g/mol. The molecule has 0 aliphatic heterocycles. The molecule has 0 aliphatic carbocycles. The van der Waals surface area contributed by atoms with Crippen molar-refractivity contribution in [2.75, 3.05) is 0 Å². The second kappa shape index (κ2) is 13.0. The summed E-state index contributed by atoms with van der Waals surface area (Å²) < 4.78 is 85.7. The average Bonchev–Trinajstić information content (AvgIpc) is 2.85. The largest absolute Gasteiger partial charge is 0.489 e. The maximum atomic E-state index is 13.6. The monoisotopic (exact) mass is 579 g/mol. The van der Waals surface area contributed by atoms with Crippen LogP contribution in [0.3, 0.4) is 0 Å². The van der Waals surface area contributed by atoms with Gasteiger partial charge in [-0.25, -0.2) is 0 Å². The number of carbonyl (C=O) groups excluding carboxylic acids is 1. The number of carbonyl (C=O) groups is 1. The highest BCUT2D eigenvalue weighted by atomic mass is 19.4. The highest BCUT2D eigenvalue weighted by Gasteiger charge is 2.37. The number of hydrogen-bond acceptors (Lipinski definition) is 2. The predicted molar refractivity (Wildman–Crippen MR) is 147 cm³/mol. The van der Waals surface area contributed by atoms with Crippen LogP contribution in [0.4, 0.5) is 26.3 Å². The van der Waals surface area contributed by atoms with Crippen molar-refractivity contribution >= 4 is 5.91 Å². The molecule has 0 aliphatic rings. The van der Waals surface area contributed by atoms with E-state index in [-0.39, 0.29) is 23.6 Å². The summed E-state index contributed by atoms with van der Waals surface area (Å²) in [5.41, 5.74) is 1.08. The van der Waals surface area contributed by atoms with Crippen LogP contribution in [-0.2, 0) is 25.4 Å². The normalized spacial score (nSPS) is 12.9. The Balaban J connectivity index is 1.93. The van der Waals surface area contributed by atoms with Crippen LogP contribution in [0.5, 0.6) is 5.75 Å². The number of benzene rings is 3. The van der Waals surface area contributed by atoms with Crippen molar-refractivity contribution in [3.05, 3.63) is 99.1 Å². The van der Waals surface area contributed by atoms with Crippen LogP contribution in [0.2, 0.25) is 0 Å². The molecule has 0 saturated heterocycles. The van der Waals surface area contributed by atoms with Crippen LogP contribution in [0.1, 0.15) is 89.0 Å². The molecule has 0 spiro atoms. The van der Waals surface area contributed by atoms with Gasteiger partial charge in [0.25, 0.3) is 5.91 Å². The smallest absolute Gasteiger partial charge is 0.416 e. The van der Waals surface area contributed by atoms with Gasteiger partial charge >= 0.3 is 12.4 Å². The zero-order chi connectivity index (χ0) is 30.5. The Morgan fingerprint density at radius 1 is 0.854 bits per heavy atom. The molecule has 1 amide bonds. The molecule has 222 valence electrons. The lowest BCUT2D eigenvalue weighted by atomic mass is 9.93. The molecule has 0 heterocycles. The van der Waals surface area contributed by atoms with Crippen molar-refractivity contribution in [1.82, 2.24) is 5.32 Å². The zero-order valence-electron chi connectivity index (χ0n) is 23.8. The third kappa shape index (κ3) is 8.75. The van der Waals surface area contributed by atoms with E-state index in [1.54, 1.807) is 6.07 Å². The number of aryl methyl sites for hydroxylation is 3. The summed E-state index contributed by atoms with van der Waals surface area (Å²) in [7, 11) is 0. The molecule has 3 aromatic rings. The highest BCUT2D eigenvalue weighted by Crippen LogP contribution is 2.37. The van der Waals surface area contributed by atoms with Crippen LogP contribution in [0.15, 0.2) is 54.6 Å². The number of hydrogen-bond donors (Lipinski definition) is 1. The van der Waals surface area contributed by atoms with Gasteiger partial charge in [0.2, 0.25) is 0 Å². The van der Waals surface area contributed by atoms with Crippen molar-refractivity contribution < 1.29 is 35.9 Å². The molecule has 41 heavy (non-hydrogen) atoms. The van der Waals surface area contributed by atoms with E-state index in [9.17, 15) is 31.1 Å². The van der Waals surface area contributed by atoms with Crippen LogP contribution in [0.25, 0.3) is 0 Å². The molecule has 3 aromatic carbocycles. The quantitative estimate of drug-likeness (QED) is 0.243. The standard InChI is InChI=1S/C32H35F6NO2/c1-6-7-22-8-10-26(41-18-24-16-25(31(33,34)35)9-11-28(24)32(36,37)38)17-27(22)30(40)39-29(12-19(2)3)23-14-20(4)13-21(5)15-23/h8-11,13-17,19,29H,6-7,12,18H2,1-5H3,(H,39,40). The van der Waals surface area contributed by atoms with E-state index in [1.165, 1.54) is 12.1 Å². The van der Waals surface area contributed by atoms with Crippen molar-refractivity contribution in [3.8, 4) is 5.75 Å². The fourth-order valence-electron chi connectivity index (χ4n) is 4.87. The SMILES string of the molecule is CCCc1ccc(OCc2cc(C(F)(F)F)ccc2C(F)(F)F)cc1C(=O)NC(CC(C)C)c1cc(C)cc(C)c1. The molecule has 1 N–H and O–H groups in total. The van der Waals surface area contributed by atoms with Gasteiger partial charge in [0.15, 0.2) is 0 Å². The molecule has 0 saturated carbocycles. The molecule has 3 nitrogen and oxygen atoms in total. The Morgan fingerprint density at radius 3 is 2.07 bits per heavy atom. The second-order valence-corrected chi connectivity index (χ2v) is 10.8. The van der Waals surface area contributed by atoms with Gasteiger partial charge in [-0.05, 0) is 74.1 Å². The van der Waals surface area contributed by atoms with Crippen molar-refractivity contribution in [2.45, 2.75) is 78.9 Å². The zero-order valence-corrected chi connectivity index (χ0v) is 23.8. The van der Waals surface area contributed by atoms with Crippen LogP contribution >= 0.6 is 0 Å². The molecule has 3 rings (SSSR count). The Hall–Kier alpha value is -3.49. The molecule has 1 atom stereocenters. The van der Waals surface area contributed by atoms with E-state index in [0.29, 0.717) is 36.6 Å². The number of alkyl halides is 6. The van der Waals surface area contributed by atoms with E-state index in [0.717, 1.165) is 28.7 Å². The minimum atomic E-state index is -4.86. The first-order valence-electron chi connectivity index (χ1n) is 13.5. The van der Waals surface area contributed by atoms with Gasteiger partial charge in [-0.3, -0.25) is 4.79 Å². The van der Waals surface area contributed by atoms with Gasteiger partial charge in [0.05, 0.1) is 17.2 Å². The summed E-state index contributed by atoms with van der Waals surface area (Å²) in [5.74, 6) is -0.00713. The lowest BCUT2D eigenvalue weighted by Crippen LogP contribution is -2.30. The Morgan fingerprint density at radius 2 is 1.51 bits per heavy atom. The van der Waals surface area contributed by atoms with E-state index in [1.807, 2.05) is 39.0 Å². The molecule has 0 bridgehead atoms. The number of rotatable bonds is 10. The molecular formula is C32H35F6NO2. The fourth-order valence-corrected chi connectivity index (χ4v) is 4.87. The van der Waals surface area contributed by atoms with Crippen molar-refractivity contribution in [2.24, 2.45) is 5.92 Å². The first-order valence-corrected chi connectivity index (χ1v) is 13.5. The summed E-state index contributed by atoms with van der Waals surface area (Å²) in [6.45, 7) is 9.28. The third-order valence-electron chi connectivity index (χ3n) is 6.64. The highest BCUT2D eigenvalue weighted by molar-refractivity contribution is 5.96. The van der Waals surface area contributed by atoms with Gasteiger partial charge in [-0.2, -0.15) is 26.3 Å². The average molecular weight is 580 g/mol. The Kier molecular flexibility index (Phi) is 10.2. The molecule has 0 radical (unpaired) electrons. The minimum absolute atomic E-state index is 0.0762. The van der Waals surface area contributed by atoms with Gasteiger partial charge in [-0.1, -0.05) is 62.6 Å². The van der Waals surface area contributed by atoms with Gasteiger partial charge in [0.1, 0.15) is 12.4 Å². The molecule has 0 fully saturated rings. The van der Waals surface area contributed by atoms with Crippen molar-refractivity contribution in [1.29, 1.82) is 0 Å². The van der Waals surface area contributed by atoms with Crippen molar-refractivity contribution in [3.63, 3.8) is 0 Å². The summed E-state index contributed by atoms with van der Waals surface area (Å²) in [4.78, 5) is 13.6. The number of nitrogens with one attached hydrogen (secondary N) is 1. The lowest BCUT2D eigenvalue weighted by molar-refractivity contribution is -0.142. The van der Waals surface area contributed by atoms with Crippen LogP contribution in [0, 0.1) is 19.8 Å². The number of halogens is 6. The predicted octanol–water partition coefficient (Wildman–Crippen LogP) is 9.39. The maximum Gasteiger partial charge on any atom is 0.416 e. The van der Waals surface area contributed by atoms with Crippen LogP contribution < -0.4 is 10.1 Å². The van der Waals surface area contributed by atoms with E-state index in [4.69, 9.17) is 4.74 Å². The second-order valence-electron chi connectivity index (χ2n) is 10.8. The molecule has 1 unspecified atom stereocenters. The number of amides is 1. The third-order valence-corrected chi connectivity index (χ3v) is 6.64. The maximum absolute atomic E-state index is 13.6. The number of ether oxygens (including phenoxy) is 1. The van der Waals surface area contributed by atoms with E-state index in [2.05, 4.69) is 19.2 Å². The topological polar surface area (TPSA) is 38.3 Å². The molecule has 0 aromatic heterocycles. The first-order chi connectivity index (χ1) is 19.1. The summed E-state index contributed by atoms with van der Waals surface area (Å²) in [6, 6.07) is 11.7. The van der Waals surface area contributed by atoms with Gasteiger partial charge in [-0.15, -0.1) is 0 Å². The fraction of sp³-hybridized carbons (Fsp3) is 0.406. The van der Waals surface area contributed by atoms with E-state index < -0.39 is 35.6 Å². The minimum Gasteiger partial charge on any atom is -0.489 e. The van der Waals surface area contributed by atoms with Gasteiger partial charge in [0, 0.05) is 11.1 Å². The van der Waals surface area contributed by atoms with Gasteiger partial charge < -0.3 is 10.1 Å². The Bertz CT molecular complexity index is 1340. The first kappa shape index (κ1) is 32.0. The molecule has 9 heteroatoms. The van der Waals surface area contributed by atoms with E-state index >= 15 is 0 Å². The summed E-state index contributed by atoms with van der Waals surface area (Å²) in [6.07, 6.45) is -7.67. The summed E-state index contributed by atoms with van der Waals surface area (Å²) in [5, 5.41) is 3.12. The van der Waals surface area contributed by atoms with Crippen LogP contribution in [-0.4, -0.2) is 5.91 Å². The lowest BCUT2D eigenvalue weighted by Gasteiger charge is -2.23.